The van der Waals surface area contributed by atoms with Gasteiger partial charge in [0.1, 0.15) is 18.1 Å². The molecule has 0 radical (unpaired) electrons. The van der Waals surface area contributed by atoms with Gasteiger partial charge in [-0.25, -0.2) is 8.42 Å². The van der Waals surface area contributed by atoms with Crippen molar-refractivity contribution in [1.29, 1.82) is 0 Å². The second-order valence-electron chi connectivity index (χ2n) is 5.10. The molecule has 2 N–H and O–H groups in total. The van der Waals surface area contributed by atoms with Crippen LogP contribution in [-0.4, -0.2) is 39.9 Å². The van der Waals surface area contributed by atoms with E-state index in [1.165, 1.54) is 36.0 Å². The van der Waals surface area contributed by atoms with E-state index in [2.05, 4.69) is 10.4 Å². The number of rotatable bonds is 7. The van der Waals surface area contributed by atoms with Crippen LogP contribution in [0.5, 0.6) is 5.75 Å². The number of aromatic nitrogens is 2. The second kappa shape index (κ2) is 7.30. The molecule has 1 aromatic carbocycles. The van der Waals surface area contributed by atoms with Crippen LogP contribution in [0.4, 0.5) is 11.4 Å². The second-order valence-corrected chi connectivity index (χ2v) is 7.38. The van der Waals surface area contributed by atoms with Gasteiger partial charge < -0.3 is 10.4 Å². The predicted octanol–water partition coefficient (Wildman–Crippen LogP) is 1.32. The van der Waals surface area contributed by atoms with Crippen LogP contribution >= 0.6 is 0 Å². The van der Waals surface area contributed by atoms with Gasteiger partial charge in [-0.15, -0.1) is 0 Å². The highest BCUT2D eigenvalue weighted by atomic mass is 32.2. The van der Waals surface area contributed by atoms with Crippen molar-refractivity contribution in [3.05, 3.63) is 40.7 Å². The molecule has 1 aromatic heterocycles. The Morgan fingerprint density at radius 3 is 2.76 bits per heavy atom. The fourth-order valence-electron chi connectivity index (χ4n) is 1.97. The Kier molecular flexibility index (Phi) is 5.37. The number of amides is 1. The summed E-state index contributed by atoms with van der Waals surface area (Å²) in [6, 6.07) is 3.63. The molecule has 0 bridgehead atoms. The molecule has 0 aliphatic rings. The van der Waals surface area contributed by atoms with Gasteiger partial charge in [-0.1, -0.05) is 6.92 Å². The first kappa shape index (κ1) is 18.4. The summed E-state index contributed by atoms with van der Waals surface area (Å²) in [5.74, 6) is -0.874. The number of nitrogens with zero attached hydrogens (tertiary/aromatic N) is 3. The number of nitro groups is 1. The van der Waals surface area contributed by atoms with E-state index >= 15 is 0 Å². The number of phenols is 1. The number of nitrogens with one attached hydrogen (secondary N) is 1. The lowest BCUT2D eigenvalue weighted by molar-refractivity contribution is -0.385. The van der Waals surface area contributed by atoms with E-state index in [0.717, 1.165) is 6.20 Å². The van der Waals surface area contributed by atoms with Gasteiger partial charge in [0.05, 0.1) is 21.3 Å². The maximum atomic E-state index is 12.0. The number of aryl methyl sites for hydroxylation is 1. The van der Waals surface area contributed by atoms with Gasteiger partial charge in [0.2, 0.25) is 5.91 Å². The molecule has 1 amide bonds. The zero-order valence-electron chi connectivity index (χ0n) is 13.2. The minimum absolute atomic E-state index is 0.00852. The number of benzene rings is 1. The lowest BCUT2D eigenvalue weighted by atomic mass is 10.3. The van der Waals surface area contributed by atoms with Gasteiger partial charge in [-0.2, -0.15) is 5.10 Å². The molecule has 10 nitrogen and oxygen atoms in total. The van der Waals surface area contributed by atoms with E-state index in [-0.39, 0.29) is 40.7 Å². The molecule has 0 saturated carbocycles. The largest absolute Gasteiger partial charge is 0.506 e. The molecular formula is C14H16N4O6S. The molecular weight excluding hydrogens is 352 g/mol. The van der Waals surface area contributed by atoms with Crippen molar-refractivity contribution in [1.82, 2.24) is 9.78 Å². The zero-order chi connectivity index (χ0) is 18.6. The quantitative estimate of drug-likeness (QED) is 0.426. The first-order chi connectivity index (χ1) is 11.7. The monoisotopic (exact) mass is 368 g/mol. The highest BCUT2D eigenvalue weighted by Gasteiger charge is 2.16. The molecule has 2 aromatic rings. The van der Waals surface area contributed by atoms with Gasteiger partial charge in [0, 0.05) is 13.0 Å². The number of hydrogen-bond donors (Lipinski definition) is 2. The summed E-state index contributed by atoms with van der Waals surface area (Å²) in [5, 5.41) is 26.5. The molecule has 0 saturated heterocycles. The summed E-state index contributed by atoms with van der Waals surface area (Å²) < 4.78 is 25.0. The van der Waals surface area contributed by atoms with Gasteiger partial charge >= 0.3 is 5.69 Å². The summed E-state index contributed by atoms with van der Waals surface area (Å²) >= 11 is 0. The molecule has 1 heterocycles. The van der Waals surface area contributed by atoms with Crippen LogP contribution in [0.3, 0.4) is 0 Å². The van der Waals surface area contributed by atoms with E-state index in [1.54, 1.807) is 0 Å². The molecule has 0 atom stereocenters. The van der Waals surface area contributed by atoms with Crippen LogP contribution in [0, 0.1) is 10.1 Å². The highest BCUT2D eigenvalue weighted by Crippen LogP contribution is 2.27. The van der Waals surface area contributed by atoms with Crippen LogP contribution in [0.2, 0.25) is 0 Å². The smallest absolute Gasteiger partial charge is 0.306 e. The summed E-state index contributed by atoms with van der Waals surface area (Å²) in [6.07, 6.45) is 2.20. The minimum Gasteiger partial charge on any atom is -0.506 e. The zero-order valence-corrected chi connectivity index (χ0v) is 14.1. The average Bonchev–Trinajstić information content (AvgIpc) is 3.04. The van der Waals surface area contributed by atoms with E-state index in [0.29, 0.717) is 0 Å². The molecule has 11 heteroatoms. The Morgan fingerprint density at radius 1 is 1.44 bits per heavy atom. The summed E-state index contributed by atoms with van der Waals surface area (Å²) in [7, 11) is -3.47. The van der Waals surface area contributed by atoms with Crippen LogP contribution in [-0.2, 0) is 21.2 Å². The third-order valence-electron chi connectivity index (χ3n) is 3.38. The molecule has 0 aliphatic carbocycles. The molecule has 0 fully saturated rings. The Morgan fingerprint density at radius 2 is 2.16 bits per heavy atom. The van der Waals surface area contributed by atoms with Crippen LogP contribution in [0.15, 0.2) is 35.5 Å². The van der Waals surface area contributed by atoms with Gasteiger partial charge in [-0.3, -0.25) is 19.6 Å². The van der Waals surface area contributed by atoms with Crippen molar-refractivity contribution in [3.63, 3.8) is 0 Å². The Labute approximate surface area is 143 Å². The van der Waals surface area contributed by atoms with Crippen molar-refractivity contribution < 1.29 is 23.2 Å². The van der Waals surface area contributed by atoms with Crippen LogP contribution in [0.1, 0.15) is 13.3 Å². The van der Waals surface area contributed by atoms with Crippen LogP contribution < -0.4 is 5.32 Å². The third-order valence-corrected chi connectivity index (χ3v) is 5.11. The van der Waals surface area contributed by atoms with Crippen molar-refractivity contribution in [2.45, 2.75) is 24.8 Å². The predicted molar refractivity (Wildman–Crippen MR) is 88.0 cm³/mol. The molecule has 0 spiro atoms. The fourth-order valence-corrected chi connectivity index (χ4v) is 2.88. The molecule has 25 heavy (non-hydrogen) atoms. The first-order valence-electron chi connectivity index (χ1n) is 7.25. The number of hydrogen-bond acceptors (Lipinski definition) is 7. The number of carbonyl (C=O) groups is 1. The van der Waals surface area contributed by atoms with Gasteiger partial charge in [-0.05, 0) is 18.2 Å². The van der Waals surface area contributed by atoms with E-state index < -0.39 is 20.7 Å². The maximum Gasteiger partial charge on any atom is 0.306 e. The number of sulfone groups is 1. The number of carbonyl (C=O) groups excluding carboxylic acids is 1. The molecule has 0 unspecified atom stereocenters. The SMILES string of the molecule is CCS(=O)(=O)c1ccc(O)c(NC(=O)CCn2cc([N+](=O)[O-])cn2)c1. The normalized spacial score (nSPS) is 11.2. The Balaban J connectivity index is 2.04. The molecule has 0 aliphatic heterocycles. The van der Waals surface area contributed by atoms with Crippen LogP contribution in [0.25, 0.3) is 0 Å². The van der Waals surface area contributed by atoms with Crippen molar-refractivity contribution in [3.8, 4) is 5.75 Å². The molecule has 134 valence electrons. The Hall–Kier alpha value is -2.95. The standard InChI is InChI=1S/C14H16N4O6S/c1-2-25(23,24)11-3-4-13(19)12(7-11)16-14(20)5-6-17-9-10(8-15-17)18(21)22/h3-4,7-9,19H,2,5-6H2,1H3,(H,16,20). The lowest BCUT2D eigenvalue weighted by Crippen LogP contribution is -2.15. The number of phenolic OH excluding ortho intramolecular Hbond substituents is 1. The number of aromatic hydroxyl groups is 1. The lowest BCUT2D eigenvalue weighted by Gasteiger charge is -2.09. The number of anilines is 1. The van der Waals surface area contributed by atoms with E-state index in [1.807, 2.05) is 0 Å². The van der Waals surface area contributed by atoms with Crippen molar-refractivity contribution >= 4 is 27.1 Å². The summed E-state index contributed by atoms with van der Waals surface area (Å²) in [5.41, 5.74) is -0.207. The first-order valence-corrected chi connectivity index (χ1v) is 8.90. The van der Waals surface area contributed by atoms with E-state index in [9.17, 15) is 28.4 Å². The molecule has 2 rings (SSSR count). The van der Waals surface area contributed by atoms with Crippen molar-refractivity contribution in [2.75, 3.05) is 11.1 Å². The Bertz CT molecular complexity index is 906. The maximum absolute atomic E-state index is 12.0. The summed E-state index contributed by atoms with van der Waals surface area (Å²) in [4.78, 5) is 21.9. The van der Waals surface area contributed by atoms with Gasteiger partial charge in [0.15, 0.2) is 9.84 Å². The van der Waals surface area contributed by atoms with E-state index in [4.69, 9.17) is 0 Å². The minimum atomic E-state index is -3.47. The topological polar surface area (TPSA) is 144 Å². The third kappa shape index (κ3) is 4.53. The van der Waals surface area contributed by atoms with Gasteiger partial charge in [0.25, 0.3) is 0 Å². The van der Waals surface area contributed by atoms with Crippen molar-refractivity contribution in [2.24, 2.45) is 0 Å². The highest BCUT2D eigenvalue weighted by molar-refractivity contribution is 7.91. The average molecular weight is 368 g/mol. The fraction of sp³-hybridized carbons (Fsp3) is 0.286. The summed E-state index contributed by atoms with van der Waals surface area (Å²) in [6.45, 7) is 1.58.